The fourth-order valence-electron chi connectivity index (χ4n) is 1.24. The lowest BCUT2D eigenvalue weighted by molar-refractivity contribution is -0.146. The Morgan fingerprint density at radius 1 is 1.53 bits per heavy atom. The molecule has 82 valence electrons. The highest BCUT2D eigenvalue weighted by Crippen LogP contribution is 2.25. The lowest BCUT2D eigenvalue weighted by atomic mass is 9.86. The summed E-state index contributed by atoms with van der Waals surface area (Å²) in [7, 11) is 0. The average molecular weight is 275 g/mol. The van der Waals surface area contributed by atoms with Crippen LogP contribution < -0.4 is 0 Å². The van der Waals surface area contributed by atoms with E-state index in [9.17, 15) is 9.18 Å². The standard InChI is InChI=1S/C11H12BrFO2/c1-11(2,10(14)15)6-7-3-4-9(13)8(12)5-7/h3-5H,6H2,1-2H3,(H,14,15). The minimum absolute atomic E-state index is 0.341. The number of benzene rings is 1. The van der Waals surface area contributed by atoms with Gasteiger partial charge in [0, 0.05) is 0 Å². The van der Waals surface area contributed by atoms with E-state index < -0.39 is 11.4 Å². The highest BCUT2D eigenvalue weighted by Gasteiger charge is 2.27. The molecule has 0 aliphatic heterocycles. The van der Waals surface area contributed by atoms with Crippen LogP contribution in [0.1, 0.15) is 19.4 Å². The third kappa shape index (κ3) is 3.02. The molecule has 0 amide bonds. The Kier molecular flexibility index (Phi) is 3.50. The van der Waals surface area contributed by atoms with E-state index in [4.69, 9.17) is 5.11 Å². The smallest absolute Gasteiger partial charge is 0.309 e. The molecular formula is C11H12BrFO2. The van der Waals surface area contributed by atoms with Crippen LogP contribution in [0.3, 0.4) is 0 Å². The molecule has 0 spiro atoms. The molecule has 1 rings (SSSR count). The lowest BCUT2D eigenvalue weighted by Crippen LogP contribution is -2.26. The van der Waals surface area contributed by atoms with Gasteiger partial charge in [0.2, 0.25) is 0 Å². The van der Waals surface area contributed by atoms with E-state index in [2.05, 4.69) is 15.9 Å². The molecule has 0 fully saturated rings. The first-order valence-corrected chi connectivity index (χ1v) is 5.29. The first-order chi connectivity index (χ1) is 6.83. The summed E-state index contributed by atoms with van der Waals surface area (Å²) in [6, 6.07) is 4.54. The number of carboxylic acids is 1. The van der Waals surface area contributed by atoms with Gasteiger partial charge in [-0.1, -0.05) is 6.07 Å². The van der Waals surface area contributed by atoms with Crippen molar-refractivity contribution in [2.75, 3.05) is 0 Å². The van der Waals surface area contributed by atoms with E-state index in [1.807, 2.05) is 0 Å². The van der Waals surface area contributed by atoms with Crippen LogP contribution in [0.15, 0.2) is 22.7 Å². The maximum absolute atomic E-state index is 12.9. The molecule has 0 saturated carbocycles. The average Bonchev–Trinajstić information content (AvgIpc) is 2.10. The number of carboxylic acid groups (broad SMARTS) is 1. The SMILES string of the molecule is CC(C)(Cc1ccc(F)c(Br)c1)C(=O)O. The predicted molar refractivity (Wildman–Crippen MR) is 59.2 cm³/mol. The highest BCUT2D eigenvalue weighted by atomic mass is 79.9. The number of aliphatic carboxylic acids is 1. The zero-order valence-corrected chi connectivity index (χ0v) is 10.1. The van der Waals surface area contributed by atoms with Crippen molar-refractivity contribution in [1.29, 1.82) is 0 Å². The first-order valence-electron chi connectivity index (χ1n) is 4.50. The van der Waals surface area contributed by atoms with Crippen molar-refractivity contribution in [2.24, 2.45) is 5.41 Å². The summed E-state index contributed by atoms with van der Waals surface area (Å²) in [5.41, 5.74) is -0.0345. The van der Waals surface area contributed by atoms with Crippen molar-refractivity contribution in [3.63, 3.8) is 0 Å². The zero-order chi connectivity index (χ0) is 11.6. The molecule has 2 nitrogen and oxygen atoms in total. The minimum atomic E-state index is -0.858. The Labute approximate surface area is 96.2 Å². The molecule has 0 bridgehead atoms. The number of carbonyl (C=O) groups is 1. The molecule has 0 radical (unpaired) electrons. The predicted octanol–water partition coefficient (Wildman–Crippen LogP) is 3.24. The van der Waals surface area contributed by atoms with Crippen LogP contribution in [0.2, 0.25) is 0 Å². The minimum Gasteiger partial charge on any atom is -0.481 e. The maximum Gasteiger partial charge on any atom is 0.309 e. The van der Waals surface area contributed by atoms with E-state index in [1.54, 1.807) is 26.0 Å². The molecule has 0 heterocycles. The Morgan fingerprint density at radius 2 is 2.13 bits per heavy atom. The Bertz CT molecular complexity index is 388. The highest BCUT2D eigenvalue weighted by molar-refractivity contribution is 9.10. The lowest BCUT2D eigenvalue weighted by Gasteiger charge is -2.19. The van der Waals surface area contributed by atoms with E-state index >= 15 is 0 Å². The summed E-state index contributed by atoms with van der Waals surface area (Å²) in [6.45, 7) is 3.29. The Hall–Kier alpha value is -0.900. The summed E-state index contributed by atoms with van der Waals surface area (Å²) in [4.78, 5) is 10.9. The van der Waals surface area contributed by atoms with Crippen molar-refractivity contribution >= 4 is 21.9 Å². The fraction of sp³-hybridized carbons (Fsp3) is 0.364. The van der Waals surface area contributed by atoms with E-state index in [-0.39, 0.29) is 5.82 Å². The van der Waals surface area contributed by atoms with Crippen molar-refractivity contribution in [2.45, 2.75) is 20.3 Å². The largest absolute Gasteiger partial charge is 0.481 e. The van der Waals surface area contributed by atoms with Crippen LogP contribution in [0.5, 0.6) is 0 Å². The van der Waals surface area contributed by atoms with Gasteiger partial charge >= 0.3 is 5.97 Å². The summed E-state index contributed by atoms with van der Waals surface area (Å²) < 4.78 is 13.3. The van der Waals surface area contributed by atoms with Crippen LogP contribution in [-0.2, 0) is 11.2 Å². The van der Waals surface area contributed by atoms with Gasteiger partial charge < -0.3 is 5.11 Å². The first kappa shape index (κ1) is 12.2. The van der Waals surface area contributed by atoms with Crippen LogP contribution in [-0.4, -0.2) is 11.1 Å². The Morgan fingerprint density at radius 3 is 2.60 bits per heavy atom. The third-order valence-corrected chi connectivity index (χ3v) is 2.82. The number of hydrogen-bond acceptors (Lipinski definition) is 1. The van der Waals surface area contributed by atoms with Crippen LogP contribution in [0, 0.1) is 11.2 Å². The zero-order valence-electron chi connectivity index (χ0n) is 8.55. The summed E-state index contributed by atoms with van der Waals surface area (Å²) in [6.07, 6.45) is 0.376. The molecule has 0 aliphatic rings. The van der Waals surface area contributed by atoms with Gasteiger partial charge in [0.15, 0.2) is 0 Å². The van der Waals surface area contributed by atoms with Gasteiger partial charge in [0.25, 0.3) is 0 Å². The number of halogens is 2. The van der Waals surface area contributed by atoms with Crippen molar-refractivity contribution in [3.05, 3.63) is 34.1 Å². The summed E-state index contributed by atoms with van der Waals surface area (Å²) in [5.74, 6) is -1.20. The molecule has 0 saturated heterocycles. The second-order valence-electron chi connectivity index (χ2n) is 4.11. The van der Waals surface area contributed by atoms with Gasteiger partial charge in [-0.05, 0) is 53.9 Å². The normalized spacial score (nSPS) is 11.5. The molecule has 0 atom stereocenters. The van der Waals surface area contributed by atoms with E-state index in [0.29, 0.717) is 10.9 Å². The van der Waals surface area contributed by atoms with Gasteiger partial charge in [-0.15, -0.1) is 0 Å². The third-order valence-electron chi connectivity index (χ3n) is 2.21. The fourth-order valence-corrected chi connectivity index (χ4v) is 1.66. The number of rotatable bonds is 3. The Balaban J connectivity index is 2.91. The van der Waals surface area contributed by atoms with Crippen LogP contribution in [0.4, 0.5) is 4.39 Å². The van der Waals surface area contributed by atoms with Gasteiger partial charge in [0.1, 0.15) is 5.82 Å². The van der Waals surface area contributed by atoms with Gasteiger partial charge in [-0.3, -0.25) is 4.79 Å². The molecule has 1 N–H and O–H groups in total. The molecule has 1 aromatic carbocycles. The monoisotopic (exact) mass is 274 g/mol. The van der Waals surface area contributed by atoms with Gasteiger partial charge in [-0.25, -0.2) is 4.39 Å². The van der Waals surface area contributed by atoms with Crippen molar-refractivity contribution in [1.82, 2.24) is 0 Å². The molecule has 0 aliphatic carbocycles. The quantitative estimate of drug-likeness (QED) is 0.919. The molecule has 1 aromatic rings. The van der Waals surface area contributed by atoms with E-state index in [1.165, 1.54) is 6.07 Å². The van der Waals surface area contributed by atoms with Crippen LogP contribution in [0.25, 0.3) is 0 Å². The number of hydrogen-bond donors (Lipinski definition) is 1. The van der Waals surface area contributed by atoms with Crippen LogP contribution >= 0.6 is 15.9 Å². The second-order valence-corrected chi connectivity index (χ2v) is 4.97. The van der Waals surface area contributed by atoms with Gasteiger partial charge in [-0.2, -0.15) is 0 Å². The molecule has 15 heavy (non-hydrogen) atoms. The molecule has 0 unspecified atom stereocenters. The molecular weight excluding hydrogens is 263 g/mol. The summed E-state index contributed by atoms with van der Waals surface area (Å²) >= 11 is 3.07. The molecule has 4 heteroatoms. The maximum atomic E-state index is 12.9. The summed E-state index contributed by atoms with van der Waals surface area (Å²) in [5, 5.41) is 8.94. The van der Waals surface area contributed by atoms with E-state index in [0.717, 1.165) is 5.56 Å². The molecule has 0 aromatic heterocycles. The topological polar surface area (TPSA) is 37.3 Å². The van der Waals surface area contributed by atoms with Crippen molar-refractivity contribution in [3.8, 4) is 0 Å². The second kappa shape index (κ2) is 4.31. The van der Waals surface area contributed by atoms with Gasteiger partial charge in [0.05, 0.1) is 9.89 Å². The van der Waals surface area contributed by atoms with Crippen molar-refractivity contribution < 1.29 is 14.3 Å².